The zero-order valence-electron chi connectivity index (χ0n) is 23.3. The number of fused-ring (bicyclic) bond motifs is 1. The van der Waals surface area contributed by atoms with Crippen LogP contribution in [0.5, 0.6) is 0 Å². The van der Waals surface area contributed by atoms with Crippen molar-refractivity contribution < 1.29 is 32.4 Å². The summed E-state index contributed by atoms with van der Waals surface area (Å²) in [5.41, 5.74) is 6.13. The molecule has 0 aliphatic carbocycles. The fraction of sp³-hybridized carbons (Fsp3) is 0.296. The van der Waals surface area contributed by atoms with Crippen molar-refractivity contribution in [3.05, 3.63) is 71.8 Å². The van der Waals surface area contributed by atoms with Crippen LogP contribution < -0.4 is 5.32 Å². The molecule has 5 rings (SSSR count). The normalized spacial score (nSPS) is 11.7. The molecule has 42 heavy (non-hydrogen) atoms. The Bertz CT molecular complexity index is 1750. The smallest absolute Gasteiger partial charge is 0.475 e. The lowest BCUT2D eigenvalue weighted by atomic mass is 9.97. The largest absolute Gasteiger partial charge is 0.490 e. The number of carboxylic acids is 1. The lowest BCUT2D eigenvalue weighted by Crippen LogP contribution is -2.24. The summed E-state index contributed by atoms with van der Waals surface area (Å²) in [5.74, 6) is -2.67. The van der Waals surface area contributed by atoms with Crippen LogP contribution >= 0.6 is 0 Å². The molecule has 0 atom stereocenters. The van der Waals surface area contributed by atoms with Gasteiger partial charge in [0, 0.05) is 48.6 Å². The van der Waals surface area contributed by atoms with Crippen molar-refractivity contribution in [3.63, 3.8) is 0 Å². The molecule has 220 valence electrons. The van der Waals surface area contributed by atoms with E-state index in [0.29, 0.717) is 12.4 Å². The standard InChI is InChI=1S/C25H26N8O2.C2HF3O2/c1-15-10-16(6-7-17(15)12-27-23(34)22-29-24(35-31-22)25(2,3)4)20-8-9-26-21-11-19(30-33(20)21)18-13-28-32(5)14-18;3-2(4,5)1(6)7/h6-11,13-14H,12H2,1-5H3,(H,27,34);(H,6,7). The molecule has 0 aliphatic heterocycles. The van der Waals surface area contributed by atoms with Crippen molar-refractivity contribution in [2.75, 3.05) is 0 Å². The Morgan fingerprint density at radius 3 is 2.38 bits per heavy atom. The van der Waals surface area contributed by atoms with E-state index in [9.17, 15) is 18.0 Å². The van der Waals surface area contributed by atoms with Crippen molar-refractivity contribution in [2.24, 2.45) is 7.05 Å². The zero-order valence-corrected chi connectivity index (χ0v) is 23.3. The average Bonchev–Trinajstić information content (AvgIpc) is 3.66. The fourth-order valence-corrected chi connectivity index (χ4v) is 3.74. The second kappa shape index (κ2) is 11.4. The van der Waals surface area contributed by atoms with E-state index in [1.54, 1.807) is 17.1 Å². The SMILES string of the molecule is Cc1cc(-c2ccnc3cc(-c4cnn(C)c4)nn23)ccc1CNC(=O)c1noc(C(C)(C)C)n1.O=C(O)C(F)(F)F. The molecule has 2 N–H and O–H groups in total. The number of aliphatic carboxylic acids is 1. The first-order valence-corrected chi connectivity index (χ1v) is 12.5. The molecule has 0 aliphatic rings. The van der Waals surface area contributed by atoms with Gasteiger partial charge in [0.25, 0.3) is 11.7 Å². The highest BCUT2D eigenvalue weighted by Gasteiger charge is 2.38. The van der Waals surface area contributed by atoms with E-state index in [0.717, 1.165) is 39.3 Å². The number of carboxylic acid groups (broad SMARTS) is 1. The van der Waals surface area contributed by atoms with Crippen LogP contribution in [-0.4, -0.2) is 57.7 Å². The Kier molecular flexibility index (Phi) is 8.13. The molecule has 1 aromatic carbocycles. The minimum Gasteiger partial charge on any atom is -0.475 e. The summed E-state index contributed by atoms with van der Waals surface area (Å²) in [5, 5.41) is 22.8. The molecule has 0 bridgehead atoms. The maximum Gasteiger partial charge on any atom is 0.490 e. The van der Waals surface area contributed by atoms with Crippen LogP contribution in [0.2, 0.25) is 0 Å². The van der Waals surface area contributed by atoms with Crippen LogP contribution in [0.1, 0.15) is 48.4 Å². The lowest BCUT2D eigenvalue weighted by Gasteiger charge is -2.11. The minimum absolute atomic E-state index is 0.0338. The number of aromatic nitrogens is 7. The summed E-state index contributed by atoms with van der Waals surface area (Å²) in [7, 11) is 1.88. The zero-order chi connectivity index (χ0) is 30.8. The molecule has 4 heterocycles. The maximum absolute atomic E-state index is 12.5. The number of carbonyl (C=O) groups is 2. The Balaban J connectivity index is 0.000000517. The van der Waals surface area contributed by atoms with Gasteiger partial charge in [-0.15, -0.1) is 0 Å². The average molecular weight is 585 g/mol. The number of halogens is 3. The topological polar surface area (TPSA) is 153 Å². The van der Waals surface area contributed by atoms with Gasteiger partial charge >= 0.3 is 12.1 Å². The van der Waals surface area contributed by atoms with E-state index >= 15 is 0 Å². The Hall–Kier alpha value is -5.08. The van der Waals surface area contributed by atoms with Crippen LogP contribution in [-0.2, 0) is 23.8 Å². The van der Waals surface area contributed by atoms with Crippen molar-refractivity contribution in [3.8, 4) is 22.5 Å². The molecule has 0 fully saturated rings. The molecule has 0 saturated carbocycles. The predicted molar refractivity (Wildman–Crippen MR) is 143 cm³/mol. The molecule has 0 saturated heterocycles. The van der Waals surface area contributed by atoms with Gasteiger partial charge in [0.15, 0.2) is 5.65 Å². The number of aryl methyl sites for hydroxylation is 2. The molecular weight excluding hydrogens is 557 g/mol. The van der Waals surface area contributed by atoms with Gasteiger partial charge in [-0.3, -0.25) is 9.48 Å². The van der Waals surface area contributed by atoms with Gasteiger partial charge in [-0.25, -0.2) is 14.3 Å². The molecule has 0 spiro atoms. The van der Waals surface area contributed by atoms with Gasteiger partial charge < -0.3 is 14.9 Å². The third-order valence-corrected chi connectivity index (χ3v) is 5.95. The Labute approximate surface area is 237 Å². The Morgan fingerprint density at radius 1 is 1.10 bits per heavy atom. The summed E-state index contributed by atoms with van der Waals surface area (Å²) < 4.78 is 40.5. The van der Waals surface area contributed by atoms with E-state index in [1.807, 2.05) is 69.7 Å². The quantitative estimate of drug-likeness (QED) is 0.307. The first-order valence-electron chi connectivity index (χ1n) is 12.5. The van der Waals surface area contributed by atoms with Crippen molar-refractivity contribution in [1.29, 1.82) is 0 Å². The lowest BCUT2D eigenvalue weighted by molar-refractivity contribution is -0.192. The van der Waals surface area contributed by atoms with Gasteiger partial charge in [-0.05, 0) is 30.2 Å². The highest BCUT2D eigenvalue weighted by molar-refractivity contribution is 5.90. The molecule has 0 unspecified atom stereocenters. The van der Waals surface area contributed by atoms with Gasteiger partial charge in [0.2, 0.25) is 5.89 Å². The van der Waals surface area contributed by atoms with E-state index in [1.165, 1.54) is 0 Å². The minimum atomic E-state index is -5.08. The van der Waals surface area contributed by atoms with Crippen LogP contribution in [0.15, 0.2) is 53.4 Å². The molecular formula is C27H27F3N8O4. The second-order valence-corrected chi connectivity index (χ2v) is 10.3. The third kappa shape index (κ3) is 6.79. The molecule has 0 radical (unpaired) electrons. The Morgan fingerprint density at radius 2 is 1.81 bits per heavy atom. The van der Waals surface area contributed by atoms with Crippen molar-refractivity contribution in [1.82, 2.24) is 39.8 Å². The number of alkyl halides is 3. The number of nitrogens with one attached hydrogen (secondary N) is 1. The number of rotatable bonds is 5. The monoisotopic (exact) mass is 584 g/mol. The fourth-order valence-electron chi connectivity index (χ4n) is 3.74. The number of benzene rings is 1. The number of amides is 1. The van der Waals surface area contributed by atoms with Crippen LogP contribution in [0, 0.1) is 6.92 Å². The number of hydrogen-bond acceptors (Lipinski definition) is 8. The molecule has 5 aromatic rings. The maximum atomic E-state index is 12.5. The van der Waals surface area contributed by atoms with Gasteiger partial charge in [0.05, 0.1) is 17.6 Å². The highest BCUT2D eigenvalue weighted by Crippen LogP contribution is 2.26. The third-order valence-electron chi connectivity index (χ3n) is 5.95. The van der Waals surface area contributed by atoms with E-state index in [-0.39, 0.29) is 17.1 Å². The first kappa shape index (κ1) is 29.9. The summed E-state index contributed by atoms with van der Waals surface area (Å²) >= 11 is 0. The van der Waals surface area contributed by atoms with Gasteiger partial charge in [0.1, 0.15) is 0 Å². The van der Waals surface area contributed by atoms with Crippen LogP contribution in [0.4, 0.5) is 13.2 Å². The van der Waals surface area contributed by atoms with E-state index in [4.69, 9.17) is 19.5 Å². The molecule has 4 aromatic heterocycles. The molecule has 1 amide bonds. The molecule has 12 nitrogen and oxygen atoms in total. The van der Waals surface area contributed by atoms with Gasteiger partial charge in [-0.2, -0.15) is 28.4 Å². The van der Waals surface area contributed by atoms with E-state index < -0.39 is 12.1 Å². The van der Waals surface area contributed by atoms with Crippen LogP contribution in [0.3, 0.4) is 0 Å². The number of hydrogen-bond donors (Lipinski definition) is 2. The molecule has 15 heteroatoms. The number of carbonyl (C=O) groups excluding carboxylic acids is 1. The van der Waals surface area contributed by atoms with E-state index in [2.05, 4.69) is 31.6 Å². The second-order valence-electron chi connectivity index (χ2n) is 10.3. The van der Waals surface area contributed by atoms with Crippen molar-refractivity contribution >= 4 is 17.5 Å². The summed E-state index contributed by atoms with van der Waals surface area (Å²) in [4.78, 5) is 30.1. The summed E-state index contributed by atoms with van der Waals surface area (Å²) in [6.45, 7) is 8.22. The first-order chi connectivity index (χ1) is 19.6. The number of nitrogens with zero attached hydrogens (tertiary/aromatic N) is 7. The predicted octanol–water partition coefficient (Wildman–Crippen LogP) is 4.35. The van der Waals surface area contributed by atoms with Crippen molar-refractivity contribution in [2.45, 2.75) is 45.8 Å². The highest BCUT2D eigenvalue weighted by atomic mass is 19.4. The summed E-state index contributed by atoms with van der Waals surface area (Å²) in [6.07, 6.45) is 0.403. The van der Waals surface area contributed by atoms with Gasteiger partial charge in [-0.1, -0.05) is 38.1 Å². The summed E-state index contributed by atoms with van der Waals surface area (Å²) in [6, 6.07) is 9.97. The van der Waals surface area contributed by atoms with Crippen LogP contribution in [0.25, 0.3) is 28.2 Å².